The first-order valence-corrected chi connectivity index (χ1v) is 11.2. The molecule has 0 spiro atoms. The van der Waals surface area contributed by atoms with Gasteiger partial charge in [0.15, 0.2) is 17.3 Å². The van der Waals surface area contributed by atoms with Gasteiger partial charge in [0.05, 0.1) is 22.3 Å². The van der Waals surface area contributed by atoms with Crippen LogP contribution in [0.2, 0.25) is 0 Å². The predicted octanol–water partition coefficient (Wildman–Crippen LogP) is 3.88. The molecule has 0 N–H and O–H groups in total. The highest BCUT2D eigenvalue weighted by molar-refractivity contribution is 5.84. The van der Waals surface area contributed by atoms with Crippen LogP contribution < -0.4 is 25.5 Å². The van der Waals surface area contributed by atoms with E-state index in [2.05, 4.69) is 0 Å². The minimum atomic E-state index is -1.48. The van der Waals surface area contributed by atoms with Crippen LogP contribution in [0.1, 0.15) is 32.6 Å². The van der Waals surface area contributed by atoms with Crippen LogP contribution in [-0.4, -0.2) is 17.9 Å². The summed E-state index contributed by atoms with van der Waals surface area (Å²) < 4.78 is 32.5. The Morgan fingerprint density at radius 2 is 1.45 bits per heavy atom. The first kappa shape index (κ1) is 24.5. The van der Waals surface area contributed by atoms with Crippen molar-refractivity contribution < 1.29 is 42.2 Å². The summed E-state index contributed by atoms with van der Waals surface area (Å²) in [6, 6.07) is 12.3. The van der Waals surface area contributed by atoms with Gasteiger partial charge >= 0.3 is 29.2 Å². The lowest BCUT2D eigenvalue weighted by Gasteiger charge is -2.28. The van der Waals surface area contributed by atoms with Crippen molar-refractivity contribution in [3.8, 4) is 39.7 Å². The SMILES string of the molecule is CC(=O)Oc1ccc2c(c1OC(C)=O)OC(OC(C)=O)c1cc(-c3cc4ccccc4oc3=O)c(=O)oc1-2. The lowest BCUT2D eigenvalue weighted by atomic mass is 9.99. The van der Waals surface area contributed by atoms with Crippen LogP contribution >= 0.6 is 0 Å². The molecule has 11 nitrogen and oxygen atoms in total. The molecule has 0 fully saturated rings. The number of rotatable bonds is 4. The van der Waals surface area contributed by atoms with Crippen LogP contribution in [0.25, 0.3) is 33.4 Å². The minimum Gasteiger partial charge on any atom is -0.445 e. The van der Waals surface area contributed by atoms with Gasteiger partial charge in [-0.1, -0.05) is 18.2 Å². The molecule has 0 saturated heterocycles. The number of hydrogen-bond acceptors (Lipinski definition) is 11. The van der Waals surface area contributed by atoms with Gasteiger partial charge in [-0.15, -0.1) is 0 Å². The highest BCUT2D eigenvalue weighted by Crippen LogP contribution is 2.51. The molecule has 5 rings (SSSR count). The fraction of sp³-hybridized carbons (Fsp3) is 0.148. The number of benzene rings is 2. The van der Waals surface area contributed by atoms with Gasteiger partial charge in [0.1, 0.15) is 5.58 Å². The van der Waals surface area contributed by atoms with E-state index in [0.717, 1.165) is 20.8 Å². The molecule has 2 aromatic heterocycles. The average Bonchev–Trinajstić information content (AvgIpc) is 2.84. The first-order valence-electron chi connectivity index (χ1n) is 11.2. The Kier molecular flexibility index (Phi) is 6.03. The highest BCUT2D eigenvalue weighted by atomic mass is 16.7. The smallest absolute Gasteiger partial charge is 0.344 e. The molecule has 2 aromatic carbocycles. The maximum atomic E-state index is 13.1. The van der Waals surface area contributed by atoms with Crippen molar-refractivity contribution in [3.05, 3.63) is 74.9 Å². The molecule has 11 heteroatoms. The number of esters is 3. The second kappa shape index (κ2) is 9.36. The number of carbonyl (C=O) groups excluding carboxylic acids is 3. The van der Waals surface area contributed by atoms with Crippen molar-refractivity contribution >= 4 is 28.9 Å². The van der Waals surface area contributed by atoms with Gasteiger partial charge in [-0.05, 0) is 30.3 Å². The predicted molar refractivity (Wildman–Crippen MR) is 130 cm³/mol. The van der Waals surface area contributed by atoms with E-state index in [-0.39, 0.29) is 45.3 Å². The van der Waals surface area contributed by atoms with Crippen LogP contribution in [0, 0.1) is 0 Å². The van der Waals surface area contributed by atoms with Crippen molar-refractivity contribution in [1.29, 1.82) is 0 Å². The van der Waals surface area contributed by atoms with Gasteiger partial charge in [-0.2, -0.15) is 0 Å². The van der Waals surface area contributed by atoms with Crippen molar-refractivity contribution in [1.82, 2.24) is 0 Å². The second-order valence-electron chi connectivity index (χ2n) is 8.23. The third kappa shape index (κ3) is 4.41. The van der Waals surface area contributed by atoms with E-state index in [1.54, 1.807) is 24.3 Å². The van der Waals surface area contributed by atoms with E-state index in [1.165, 1.54) is 24.3 Å². The number of para-hydroxylation sites is 1. The third-order valence-electron chi connectivity index (χ3n) is 5.48. The fourth-order valence-electron chi connectivity index (χ4n) is 4.03. The standard InChI is InChI=1S/C27H18O11/c1-12(28)33-21-9-8-16-22-19(27(35-14(3)30)38-23(16)24(21)34-13(2)29)11-18(26(32)37-22)17-10-15-6-4-5-7-20(15)36-25(17)31/h4-11,27H,1-3H3. The Bertz CT molecular complexity index is 1760. The number of carbonyl (C=O) groups is 3. The van der Waals surface area contributed by atoms with E-state index >= 15 is 0 Å². The molecule has 3 heterocycles. The van der Waals surface area contributed by atoms with Crippen molar-refractivity contribution in [3.63, 3.8) is 0 Å². The lowest BCUT2D eigenvalue weighted by molar-refractivity contribution is -0.163. The van der Waals surface area contributed by atoms with Crippen LogP contribution in [0.4, 0.5) is 0 Å². The maximum Gasteiger partial charge on any atom is 0.344 e. The zero-order valence-electron chi connectivity index (χ0n) is 20.2. The number of hydrogen-bond donors (Lipinski definition) is 0. The summed E-state index contributed by atoms with van der Waals surface area (Å²) in [5.74, 6) is -2.87. The maximum absolute atomic E-state index is 13.1. The molecule has 1 atom stereocenters. The summed E-state index contributed by atoms with van der Waals surface area (Å²) in [7, 11) is 0. The summed E-state index contributed by atoms with van der Waals surface area (Å²) in [4.78, 5) is 61.2. The first-order chi connectivity index (χ1) is 18.1. The molecule has 1 unspecified atom stereocenters. The minimum absolute atomic E-state index is 0.0702. The molecule has 0 radical (unpaired) electrons. The molecular weight excluding hydrogens is 500 g/mol. The van der Waals surface area contributed by atoms with Crippen LogP contribution in [0.3, 0.4) is 0 Å². The van der Waals surface area contributed by atoms with E-state index in [0.29, 0.717) is 11.0 Å². The van der Waals surface area contributed by atoms with Gasteiger partial charge in [0, 0.05) is 26.2 Å². The van der Waals surface area contributed by atoms with E-state index < -0.39 is 35.4 Å². The van der Waals surface area contributed by atoms with Gasteiger partial charge in [0.2, 0.25) is 5.75 Å². The molecule has 1 aliphatic heterocycles. The topological polar surface area (TPSA) is 149 Å². The molecule has 192 valence electrons. The lowest BCUT2D eigenvalue weighted by Crippen LogP contribution is -2.23. The number of ether oxygens (including phenoxy) is 4. The zero-order valence-corrected chi connectivity index (χ0v) is 20.2. The normalized spacial score (nSPS) is 13.6. The largest absolute Gasteiger partial charge is 0.445 e. The third-order valence-corrected chi connectivity index (χ3v) is 5.48. The average molecular weight is 518 g/mol. The summed E-state index contributed by atoms with van der Waals surface area (Å²) >= 11 is 0. The molecule has 0 amide bonds. The second-order valence-corrected chi connectivity index (χ2v) is 8.23. The molecule has 1 aliphatic rings. The molecule has 4 aromatic rings. The van der Waals surface area contributed by atoms with Gasteiger partial charge in [-0.25, -0.2) is 9.59 Å². The quantitative estimate of drug-likeness (QED) is 0.220. The van der Waals surface area contributed by atoms with Gasteiger partial charge < -0.3 is 27.8 Å². The van der Waals surface area contributed by atoms with Crippen LogP contribution in [-0.2, 0) is 19.1 Å². The zero-order chi connectivity index (χ0) is 27.1. The summed E-state index contributed by atoms with van der Waals surface area (Å²) in [6.07, 6.45) is -1.48. The molecule has 0 bridgehead atoms. The van der Waals surface area contributed by atoms with Crippen molar-refractivity contribution in [2.45, 2.75) is 27.1 Å². The van der Waals surface area contributed by atoms with Gasteiger partial charge in [-0.3, -0.25) is 14.4 Å². The van der Waals surface area contributed by atoms with E-state index in [1.807, 2.05) is 0 Å². The van der Waals surface area contributed by atoms with E-state index in [4.69, 9.17) is 27.8 Å². The Morgan fingerprint density at radius 1 is 0.763 bits per heavy atom. The Balaban J connectivity index is 1.75. The Labute approximate surface area is 213 Å². The molecule has 0 saturated carbocycles. The highest BCUT2D eigenvalue weighted by Gasteiger charge is 2.36. The monoisotopic (exact) mass is 518 g/mol. The molecule has 0 aliphatic carbocycles. The number of fused-ring (bicyclic) bond motifs is 4. The van der Waals surface area contributed by atoms with Gasteiger partial charge in [0.25, 0.3) is 6.29 Å². The summed E-state index contributed by atoms with van der Waals surface area (Å²) in [5, 5.41) is 0.571. The Hall–Kier alpha value is -5.19. The Morgan fingerprint density at radius 3 is 2.16 bits per heavy atom. The fourth-order valence-corrected chi connectivity index (χ4v) is 4.03. The molecule has 38 heavy (non-hydrogen) atoms. The van der Waals surface area contributed by atoms with E-state index in [9.17, 15) is 24.0 Å². The van der Waals surface area contributed by atoms with Crippen LogP contribution in [0.15, 0.2) is 67.0 Å². The summed E-state index contributed by atoms with van der Waals surface area (Å²) in [5.41, 5.74) is -1.31. The van der Waals surface area contributed by atoms with Crippen molar-refractivity contribution in [2.24, 2.45) is 0 Å². The van der Waals surface area contributed by atoms with Crippen LogP contribution in [0.5, 0.6) is 17.2 Å². The summed E-state index contributed by atoms with van der Waals surface area (Å²) in [6.45, 7) is 3.41. The van der Waals surface area contributed by atoms with Crippen molar-refractivity contribution in [2.75, 3.05) is 0 Å². The molecular formula is C27H18O11.